The van der Waals surface area contributed by atoms with E-state index in [1.807, 2.05) is 0 Å². The van der Waals surface area contributed by atoms with E-state index in [9.17, 15) is 8.42 Å². The van der Waals surface area contributed by atoms with Crippen molar-refractivity contribution in [3.8, 4) is 0 Å². The molecule has 1 N–H and O–H groups in total. The molecule has 0 aromatic rings. The monoisotopic (exact) mass is 248 g/mol. The van der Waals surface area contributed by atoms with E-state index >= 15 is 0 Å². The minimum absolute atomic E-state index is 0.0785. The molecule has 1 fully saturated rings. The Morgan fingerprint density at radius 2 is 1.62 bits per heavy atom. The Labute approximate surface area is 99.2 Å². The van der Waals surface area contributed by atoms with Crippen LogP contribution >= 0.6 is 0 Å². The van der Waals surface area contributed by atoms with E-state index in [1.54, 1.807) is 0 Å². The van der Waals surface area contributed by atoms with Gasteiger partial charge in [-0.05, 0) is 43.4 Å². The third-order valence-electron chi connectivity index (χ3n) is 3.52. The molecule has 3 nitrogen and oxygen atoms in total. The minimum Gasteiger partial charge on any atom is -0.395 e. The highest BCUT2D eigenvalue weighted by molar-refractivity contribution is 7.91. The van der Waals surface area contributed by atoms with E-state index in [-0.39, 0.29) is 18.1 Å². The summed E-state index contributed by atoms with van der Waals surface area (Å²) < 4.78 is 23.0. The highest BCUT2D eigenvalue weighted by atomic mass is 32.2. The first kappa shape index (κ1) is 14.0. The van der Waals surface area contributed by atoms with Crippen LogP contribution in [0.2, 0.25) is 0 Å². The van der Waals surface area contributed by atoms with Crippen molar-refractivity contribution in [1.82, 2.24) is 0 Å². The lowest BCUT2D eigenvalue weighted by Gasteiger charge is -2.31. The van der Waals surface area contributed by atoms with Gasteiger partial charge in [-0.3, -0.25) is 0 Å². The molecule has 0 aliphatic heterocycles. The van der Waals surface area contributed by atoms with Gasteiger partial charge in [0.1, 0.15) is 0 Å². The molecule has 0 spiro atoms. The summed E-state index contributed by atoms with van der Waals surface area (Å²) in [5.74, 6) is 2.19. The molecule has 1 aliphatic rings. The Balaban J connectivity index is 2.37. The second-order valence-electron chi connectivity index (χ2n) is 5.45. The maximum Gasteiger partial charge on any atom is 0.152 e. The fraction of sp³-hybridized carbons (Fsp3) is 1.00. The normalized spacial score (nSPS) is 31.6. The summed E-state index contributed by atoms with van der Waals surface area (Å²) in [6.45, 7) is 4.26. The fourth-order valence-electron chi connectivity index (χ4n) is 2.94. The summed E-state index contributed by atoms with van der Waals surface area (Å²) in [5.41, 5.74) is 0. The predicted octanol–water partition coefficient (Wildman–Crippen LogP) is 1.86. The summed E-state index contributed by atoms with van der Waals surface area (Å²) in [7, 11) is -3.02. The van der Waals surface area contributed by atoms with Gasteiger partial charge in [0.15, 0.2) is 9.84 Å². The molecule has 0 bridgehead atoms. The molecule has 1 rings (SSSR count). The second-order valence-corrected chi connectivity index (χ2v) is 7.75. The maximum atomic E-state index is 11.5. The fourth-order valence-corrected chi connectivity index (χ4v) is 4.11. The number of rotatable bonds is 5. The molecule has 1 aliphatic carbocycles. The number of hydrogen-bond donors (Lipinski definition) is 1. The zero-order chi connectivity index (χ0) is 12.2. The molecule has 2 atom stereocenters. The van der Waals surface area contributed by atoms with Crippen molar-refractivity contribution >= 4 is 9.84 Å². The van der Waals surface area contributed by atoms with Crippen LogP contribution in [0.1, 0.15) is 39.5 Å². The van der Waals surface area contributed by atoms with Crippen LogP contribution in [0, 0.1) is 17.8 Å². The average Bonchev–Trinajstić information content (AvgIpc) is 2.13. The summed E-state index contributed by atoms with van der Waals surface area (Å²) in [6.07, 6.45) is 4.38. The van der Waals surface area contributed by atoms with Gasteiger partial charge in [0, 0.05) is 0 Å². The molecule has 0 unspecified atom stereocenters. The van der Waals surface area contributed by atoms with Crippen LogP contribution < -0.4 is 0 Å². The SMILES string of the molecule is C[C@H]1CC(CCS(=O)(=O)CCO)C[C@H](C)C1. The van der Waals surface area contributed by atoms with Crippen molar-refractivity contribution in [1.29, 1.82) is 0 Å². The van der Waals surface area contributed by atoms with Crippen LogP contribution in [-0.4, -0.2) is 31.6 Å². The largest absolute Gasteiger partial charge is 0.395 e. The van der Waals surface area contributed by atoms with E-state index in [2.05, 4.69) is 13.8 Å². The Hall–Kier alpha value is -0.0900. The zero-order valence-corrected chi connectivity index (χ0v) is 11.2. The molecule has 0 heterocycles. The number of sulfone groups is 1. The van der Waals surface area contributed by atoms with Crippen molar-refractivity contribution in [2.24, 2.45) is 17.8 Å². The van der Waals surface area contributed by atoms with Gasteiger partial charge < -0.3 is 5.11 Å². The van der Waals surface area contributed by atoms with Gasteiger partial charge >= 0.3 is 0 Å². The van der Waals surface area contributed by atoms with Crippen LogP contribution in [0.25, 0.3) is 0 Å². The molecule has 0 aromatic heterocycles. The molecule has 0 aromatic carbocycles. The lowest BCUT2D eigenvalue weighted by Crippen LogP contribution is -2.23. The van der Waals surface area contributed by atoms with Crippen molar-refractivity contribution in [2.45, 2.75) is 39.5 Å². The third kappa shape index (κ3) is 4.83. The first-order valence-electron chi connectivity index (χ1n) is 6.24. The highest BCUT2D eigenvalue weighted by Crippen LogP contribution is 2.34. The smallest absolute Gasteiger partial charge is 0.152 e. The first-order chi connectivity index (χ1) is 7.43. The van der Waals surface area contributed by atoms with E-state index in [0.717, 1.165) is 18.3 Å². The second kappa shape index (κ2) is 6.01. The number of aliphatic hydroxyl groups excluding tert-OH is 1. The Kier molecular flexibility index (Phi) is 5.25. The van der Waals surface area contributed by atoms with Gasteiger partial charge in [0.25, 0.3) is 0 Å². The molecule has 4 heteroatoms. The van der Waals surface area contributed by atoms with Gasteiger partial charge in [0.05, 0.1) is 18.1 Å². The topological polar surface area (TPSA) is 54.4 Å². The highest BCUT2D eigenvalue weighted by Gasteiger charge is 2.25. The predicted molar refractivity (Wildman–Crippen MR) is 66.0 cm³/mol. The lowest BCUT2D eigenvalue weighted by atomic mass is 9.76. The summed E-state index contributed by atoms with van der Waals surface area (Å²) in [6, 6.07) is 0. The van der Waals surface area contributed by atoms with E-state index in [0.29, 0.717) is 5.92 Å². The number of hydrogen-bond acceptors (Lipinski definition) is 3. The summed E-state index contributed by atoms with van der Waals surface area (Å²) >= 11 is 0. The molecular formula is C12H24O3S. The molecule has 0 amide bonds. The summed E-state index contributed by atoms with van der Waals surface area (Å²) in [5, 5.41) is 8.64. The van der Waals surface area contributed by atoms with E-state index < -0.39 is 9.84 Å². The molecule has 0 radical (unpaired) electrons. The van der Waals surface area contributed by atoms with E-state index in [4.69, 9.17) is 5.11 Å². The molecule has 16 heavy (non-hydrogen) atoms. The summed E-state index contributed by atoms with van der Waals surface area (Å²) in [4.78, 5) is 0. The van der Waals surface area contributed by atoms with Gasteiger partial charge in [-0.25, -0.2) is 8.42 Å². The van der Waals surface area contributed by atoms with Gasteiger partial charge in [-0.2, -0.15) is 0 Å². The van der Waals surface area contributed by atoms with Crippen LogP contribution in [0.5, 0.6) is 0 Å². The van der Waals surface area contributed by atoms with Crippen molar-refractivity contribution in [3.63, 3.8) is 0 Å². The van der Waals surface area contributed by atoms with Crippen LogP contribution in [-0.2, 0) is 9.84 Å². The Morgan fingerprint density at radius 1 is 1.06 bits per heavy atom. The van der Waals surface area contributed by atoms with Crippen molar-refractivity contribution in [3.05, 3.63) is 0 Å². The quantitative estimate of drug-likeness (QED) is 0.808. The third-order valence-corrected chi connectivity index (χ3v) is 5.18. The van der Waals surface area contributed by atoms with Gasteiger partial charge in [0.2, 0.25) is 0 Å². The molecule has 1 saturated carbocycles. The molecule has 96 valence electrons. The molecule has 0 saturated heterocycles. The van der Waals surface area contributed by atoms with Crippen molar-refractivity contribution in [2.75, 3.05) is 18.1 Å². The standard InChI is InChI=1S/C12H24O3S/c1-10-7-11(2)9-12(8-10)3-5-16(14,15)6-4-13/h10-13H,3-9H2,1-2H3/t10-,11-/m1/s1. The van der Waals surface area contributed by atoms with Crippen molar-refractivity contribution < 1.29 is 13.5 Å². The van der Waals surface area contributed by atoms with Crippen LogP contribution in [0.3, 0.4) is 0 Å². The van der Waals surface area contributed by atoms with Crippen LogP contribution in [0.4, 0.5) is 0 Å². The number of aliphatic hydroxyl groups is 1. The Morgan fingerprint density at radius 3 is 2.12 bits per heavy atom. The van der Waals surface area contributed by atoms with E-state index in [1.165, 1.54) is 19.3 Å². The average molecular weight is 248 g/mol. The Bertz CT molecular complexity index is 287. The van der Waals surface area contributed by atoms with Crippen LogP contribution in [0.15, 0.2) is 0 Å². The van der Waals surface area contributed by atoms with Gasteiger partial charge in [-0.15, -0.1) is 0 Å². The minimum atomic E-state index is -3.02. The zero-order valence-electron chi connectivity index (χ0n) is 10.4. The van der Waals surface area contributed by atoms with Gasteiger partial charge in [-0.1, -0.05) is 13.8 Å². The maximum absolute atomic E-state index is 11.5. The first-order valence-corrected chi connectivity index (χ1v) is 8.06. The lowest BCUT2D eigenvalue weighted by molar-refractivity contribution is 0.215. The molecular weight excluding hydrogens is 224 g/mol.